The van der Waals surface area contributed by atoms with Crippen molar-refractivity contribution in [1.82, 2.24) is 9.97 Å². The van der Waals surface area contributed by atoms with E-state index in [1.165, 1.54) is 17.7 Å². The normalized spacial score (nSPS) is 17.0. The van der Waals surface area contributed by atoms with Gasteiger partial charge in [0.15, 0.2) is 0 Å². The summed E-state index contributed by atoms with van der Waals surface area (Å²) >= 11 is 7.82. The number of nitrogens with zero attached hydrogens (tertiary/aromatic N) is 2. The molecular formula is C17H24ClN3OS. The number of thiazole rings is 1. The summed E-state index contributed by atoms with van der Waals surface area (Å²) in [6.45, 7) is 8.03. The van der Waals surface area contributed by atoms with Gasteiger partial charge < -0.3 is 10.5 Å². The molecule has 6 heteroatoms. The molecule has 0 amide bonds. The van der Waals surface area contributed by atoms with E-state index in [0.717, 1.165) is 35.9 Å². The van der Waals surface area contributed by atoms with Gasteiger partial charge in [0.05, 0.1) is 17.3 Å². The fourth-order valence-corrected chi connectivity index (χ4v) is 3.55. The standard InChI is InChI=1S/C13H14ClN3OS.C4H10/c1-7-12(8-2-3-18-6-8)17-13(19-7)9-4-11(15)16-5-10(9)14;1-3-4-2/h4-5,8H,2-3,6H2,1H3,(H2,15,16);3-4H2,1-2H3. The first-order valence-electron chi connectivity index (χ1n) is 8.03. The van der Waals surface area contributed by atoms with E-state index in [1.54, 1.807) is 23.6 Å². The van der Waals surface area contributed by atoms with Gasteiger partial charge in [0, 0.05) is 29.2 Å². The second-order valence-corrected chi connectivity index (χ2v) is 7.22. The minimum atomic E-state index is 0.406. The molecule has 0 saturated carbocycles. The summed E-state index contributed by atoms with van der Waals surface area (Å²) in [5.74, 6) is 0.862. The van der Waals surface area contributed by atoms with Crippen LogP contribution in [0.15, 0.2) is 12.3 Å². The van der Waals surface area contributed by atoms with Crippen molar-refractivity contribution in [3.63, 3.8) is 0 Å². The average molecular weight is 354 g/mol. The Labute approximate surface area is 147 Å². The zero-order valence-corrected chi connectivity index (χ0v) is 15.5. The van der Waals surface area contributed by atoms with Gasteiger partial charge in [-0.3, -0.25) is 0 Å². The highest BCUT2D eigenvalue weighted by Crippen LogP contribution is 2.37. The Balaban J connectivity index is 0.000000433. The number of unbranched alkanes of at least 4 members (excludes halogenated alkanes) is 1. The number of hydrogen-bond acceptors (Lipinski definition) is 5. The fourth-order valence-electron chi connectivity index (χ4n) is 2.27. The lowest BCUT2D eigenvalue weighted by Gasteiger charge is -2.04. The highest BCUT2D eigenvalue weighted by molar-refractivity contribution is 7.15. The van der Waals surface area contributed by atoms with E-state index in [2.05, 4.69) is 25.8 Å². The summed E-state index contributed by atoms with van der Waals surface area (Å²) in [6.07, 6.45) is 5.25. The van der Waals surface area contributed by atoms with Crippen LogP contribution in [0.5, 0.6) is 0 Å². The van der Waals surface area contributed by atoms with Gasteiger partial charge in [0.1, 0.15) is 10.8 Å². The molecule has 0 aliphatic carbocycles. The van der Waals surface area contributed by atoms with Crippen molar-refractivity contribution in [3.05, 3.63) is 27.9 Å². The molecule has 0 radical (unpaired) electrons. The molecule has 1 atom stereocenters. The molecule has 0 aromatic carbocycles. The molecule has 1 aliphatic rings. The minimum absolute atomic E-state index is 0.406. The van der Waals surface area contributed by atoms with Crippen molar-refractivity contribution in [3.8, 4) is 10.6 Å². The highest BCUT2D eigenvalue weighted by atomic mass is 35.5. The van der Waals surface area contributed by atoms with Gasteiger partial charge >= 0.3 is 0 Å². The van der Waals surface area contributed by atoms with E-state index in [1.807, 2.05) is 0 Å². The Hall–Kier alpha value is -1.17. The first kappa shape index (κ1) is 18.2. The first-order chi connectivity index (χ1) is 11.1. The van der Waals surface area contributed by atoms with Crippen LogP contribution in [0.3, 0.4) is 0 Å². The van der Waals surface area contributed by atoms with Gasteiger partial charge in [-0.15, -0.1) is 11.3 Å². The number of hydrogen-bond donors (Lipinski definition) is 1. The highest BCUT2D eigenvalue weighted by Gasteiger charge is 2.23. The van der Waals surface area contributed by atoms with Crippen LogP contribution in [0.25, 0.3) is 10.6 Å². The van der Waals surface area contributed by atoms with E-state index in [4.69, 9.17) is 27.1 Å². The molecule has 2 N–H and O–H groups in total. The molecule has 1 saturated heterocycles. The van der Waals surface area contributed by atoms with Crippen LogP contribution in [0.1, 0.15) is 49.6 Å². The van der Waals surface area contributed by atoms with Crippen LogP contribution in [0.2, 0.25) is 5.02 Å². The van der Waals surface area contributed by atoms with Crippen molar-refractivity contribution in [2.24, 2.45) is 0 Å². The summed E-state index contributed by atoms with van der Waals surface area (Å²) in [6, 6.07) is 1.77. The topological polar surface area (TPSA) is 61.0 Å². The third-order valence-electron chi connectivity index (χ3n) is 3.76. The Morgan fingerprint density at radius 3 is 2.74 bits per heavy atom. The van der Waals surface area contributed by atoms with Crippen LogP contribution in [0, 0.1) is 6.92 Å². The van der Waals surface area contributed by atoms with Crippen LogP contribution in [0.4, 0.5) is 5.82 Å². The van der Waals surface area contributed by atoms with Crippen LogP contribution in [-0.2, 0) is 4.74 Å². The third kappa shape index (κ3) is 4.66. The number of pyridine rings is 1. The molecule has 1 fully saturated rings. The van der Waals surface area contributed by atoms with Crippen molar-refractivity contribution in [2.45, 2.75) is 46.0 Å². The molecular weight excluding hydrogens is 330 g/mol. The molecule has 3 rings (SSSR count). The average Bonchev–Trinajstić information content (AvgIpc) is 3.19. The quantitative estimate of drug-likeness (QED) is 0.837. The van der Waals surface area contributed by atoms with Gasteiger partial charge in [0.2, 0.25) is 0 Å². The Bertz CT molecular complexity index is 637. The van der Waals surface area contributed by atoms with Gasteiger partial charge in [0.25, 0.3) is 0 Å². The number of halogens is 1. The van der Waals surface area contributed by atoms with E-state index < -0.39 is 0 Å². The number of aromatic nitrogens is 2. The van der Waals surface area contributed by atoms with Gasteiger partial charge in [-0.05, 0) is 19.4 Å². The van der Waals surface area contributed by atoms with Crippen molar-refractivity contribution >= 4 is 28.8 Å². The van der Waals surface area contributed by atoms with E-state index in [0.29, 0.717) is 16.8 Å². The van der Waals surface area contributed by atoms with Crippen molar-refractivity contribution in [1.29, 1.82) is 0 Å². The predicted molar refractivity (Wildman–Crippen MR) is 98.3 cm³/mol. The fraction of sp³-hybridized carbons (Fsp3) is 0.529. The summed E-state index contributed by atoms with van der Waals surface area (Å²) in [5.41, 5.74) is 7.70. The third-order valence-corrected chi connectivity index (χ3v) is 5.08. The molecule has 126 valence electrons. The van der Waals surface area contributed by atoms with Gasteiger partial charge in [-0.2, -0.15) is 0 Å². The van der Waals surface area contributed by atoms with E-state index in [9.17, 15) is 0 Å². The van der Waals surface area contributed by atoms with E-state index >= 15 is 0 Å². The number of rotatable bonds is 3. The van der Waals surface area contributed by atoms with Crippen LogP contribution >= 0.6 is 22.9 Å². The zero-order chi connectivity index (χ0) is 16.8. The number of aryl methyl sites for hydroxylation is 1. The number of ether oxygens (including phenoxy) is 1. The summed E-state index contributed by atoms with van der Waals surface area (Å²) in [5, 5.41) is 1.48. The maximum absolute atomic E-state index is 6.18. The summed E-state index contributed by atoms with van der Waals surface area (Å²) < 4.78 is 5.43. The lowest BCUT2D eigenvalue weighted by molar-refractivity contribution is 0.193. The zero-order valence-electron chi connectivity index (χ0n) is 13.9. The molecule has 3 heterocycles. The molecule has 2 aromatic rings. The summed E-state index contributed by atoms with van der Waals surface area (Å²) in [4.78, 5) is 9.93. The first-order valence-corrected chi connectivity index (χ1v) is 9.22. The van der Waals surface area contributed by atoms with Crippen LogP contribution in [-0.4, -0.2) is 23.2 Å². The number of nitrogens with two attached hydrogens (primary N) is 1. The minimum Gasteiger partial charge on any atom is -0.384 e. The molecule has 0 bridgehead atoms. The smallest absolute Gasteiger partial charge is 0.125 e. The SMILES string of the molecule is CCCC.Cc1sc(-c2cc(N)ncc2Cl)nc1C1CCOC1. The number of anilines is 1. The lowest BCUT2D eigenvalue weighted by atomic mass is 10.0. The monoisotopic (exact) mass is 353 g/mol. The molecule has 23 heavy (non-hydrogen) atoms. The second-order valence-electron chi connectivity index (χ2n) is 5.61. The number of nitrogen functional groups attached to an aromatic ring is 1. The molecule has 0 spiro atoms. The Morgan fingerprint density at radius 1 is 1.39 bits per heavy atom. The molecule has 1 unspecified atom stereocenters. The molecule has 4 nitrogen and oxygen atoms in total. The molecule has 2 aromatic heterocycles. The largest absolute Gasteiger partial charge is 0.384 e. The van der Waals surface area contributed by atoms with Crippen molar-refractivity contribution < 1.29 is 4.74 Å². The second kappa shape index (κ2) is 8.62. The molecule has 1 aliphatic heterocycles. The lowest BCUT2D eigenvalue weighted by Crippen LogP contribution is -1.99. The maximum atomic E-state index is 6.18. The Morgan fingerprint density at radius 2 is 2.13 bits per heavy atom. The maximum Gasteiger partial charge on any atom is 0.125 e. The van der Waals surface area contributed by atoms with Gasteiger partial charge in [-0.25, -0.2) is 9.97 Å². The Kier molecular flexibility index (Phi) is 6.81. The van der Waals surface area contributed by atoms with Crippen molar-refractivity contribution in [2.75, 3.05) is 18.9 Å². The predicted octanol–water partition coefficient (Wildman–Crippen LogP) is 5.06. The summed E-state index contributed by atoms with van der Waals surface area (Å²) in [7, 11) is 0. The van der Waals surface area contributed by atoms with Gasteiger partial charge in [-0.1, -0.05) is 38.3 Å². The van der Waals surface area contributed by atoms with Crippen LogP contribution < -0.4 is 5.73 Å². The van der Waals surface area contributed by atoms with E-state index in [-0.39, 0.29) is 0 Å².